The van der Waals surface area contributed by atoms with E-state index in [1.165, 1.54) is 4.31 Å². The van der Waals surface area contributed by atoms with Gasteiger partial charge in [0.05, 0.1) is 0 Å². The van der Waals surface area contributed by atoms with Crippen molar-refractivity contribution in [1.82, 2.24) is 13.9 Å². The van der Waals surface area contributed by atoms with Crippen molar-refractivity contribution >= 4 is 22.6 Å². The molecule has 0 aliphatic carbocycles. The predicted octanol–water partition coefficient (Wildman–Crippen LogP) is 0.677. The highest BCUT2D eigenvalue weighted by Gasteiger charge is 2.32. The number of hydrogen-bond donors (Lipinski definition) is 1. The summed E-state index contributed by atoms with van der Waals surface area (Å²) in [5.74, 6) is 0. The lowest BCUT2D eigenvalue weighted by Gasteiger charge is -2.35. The lowest BCUT2D eigenvalue weighted by molar-refractivity contribution is 0.266. The molecule has 0 bridgehead atoms. The molecule has 5 nitrogen and oxygen atoms in total. The molecular formula is C10H24ClN3O2S. The van der Waals surface area contributed by atoms with Gasteiger partial charge in [-0.3, -0.25) is 0 Å². The van der Waals surface area contributed by atoms with Gasteiger partial charge >= 0.3 is 0 Å². The second kappa shape index (κ2) is 6.89. The monoisotopic (exact) mass is 285 g/mol. The van der Waals surface area contributed by atoms with Crippen LogP contribution in [0.15, 0.2) is 0 Å². The fraction of sp³-hybridized carbons (Fsp3) is 1.00. The molecule has 1 N–H and O–H groups in total. The third kappa shape index (κ3) is 4.06. The molecule has 17 heavy (non-hydrogen) atoms. The lowest BCUT2D eigenvalue weighted by atomic mass is 10.1. The maximum atomic E-state index is 12.2. The predicted molar refractivity (Wildman–Crippen MR) is 72.7 cm³/mol. The molecule has 0 aromatic rings. The van der Waals surface area contributed by atoms with Crippen molar-refractivity contribution in [2.75, 3.05) is 27.2 Å². The number of nitrogens with one attached hydrogen (secondary N) is 1. The summed E-state index contributed by atoms with van der Waals surface area (Å²) < 4.78 is 27.4. The molecule has 0 aromatic heterocycles. The first kappa shape index (κ1) is 17.1. The summed E-state index contributed by atoms with van der Waals surface area (Å²) in [5, 5.41) is 3.15. The molecule has 7 heteroatoms. The summed E-state index contributed by atoms with van der Waals surface area (Å²) in [6.07, 6.45) is 1.98. The van der Waals surface area contributed by atoms with E-state index < -0.39 is 10.2 Å². The minimum atomic E-state index is -3.28. The summed E-state index contributed by atoms with van der Waals surface area (Å²) in [5.41, 5.74) is 0. The van der Waals surface area contributed by atoms with Crippen LogP contribution in [0, 0.1) is 0 Å². The molecule has 0 spiro atoms. The number of halogens is 1. The lowest BCUT2D eigenvalue weighted by Crippen LogP contribution is -2.52. The van der Waals surface area contributed by atoms with Crippen LogP contribution in [0.25, 0.3) is 0 Å². The van der Waals surface area contributed by atoms with Crippen molar-refractivity contribution in [3.63, 3.8) is 0 Å². The van der Waals surface area contributed by atoms with Gasteiger partial charge in [-0.15, -0.1) is 12.4 Å². The Kier molecular flexibility index (Phi) is 6.94. The first-order chi connectivity index (χ1) is 7.39. The van der Waals surface area contributed by atoms with Crippen LogP contribution in [-0.2, 0) is 10.2 Å². The summed E-state index contributed by atoms with van der Waals surface area (Å²) >= 11 is 0. The number of hydrogen-bond acceptors (Lipinski definition) is 3. The molecule has 0 radical (unpaired) electrons. The van der Waals surface area contributed by atoms with Crippen LogP contribution in [0.3, 0.4) is 0 Å². The van der Waals surface area contributed by atoms with E-state index in [0.29, 0.717) is 13.1 Å². The van der Waals surface area contributed by atoms with E-state index in [-0.39, 0.29) is 24.5 Å². The molecule has 1 fully saturated rings. The molecule has 1 aliphatic heterocycles. The summed E-state index contributed by atoms with van der Waals surface area (Å²) in [4.78, 5) is 0. The third-order valence-electron chi connectivity index (χ3n) is 3.21. The number of likely N-dealkylation sites (N-methyl/N-ethyl adjacent to an activating group) is 1. The van der Waals surface area contributed by atoms with Crippen LogP contribution in [0.4, 0.5) is 0 Å². The van der Waals surface area contributed by atoms with Gasteiger partial charge in [-0.25, -0.2) is 0 Å². The van der Waals surface area contributed by atoms with Gasteiger partial charge in [0.25, 0.3) is 10.2 Å². The van der Waals surface area contributed by atoms with Crippen molar-refractivity contribution in [1.29, 1.82) is 0 Å². The van der Waals surface area contributed by atoms with E-state index in [1.54, 1.807) is 11.4 Å². The van der Waals surface area contributed by atoms with Gasteiger partial charge in [-0.05, 0) is 33.7 Å². The van der Waals surface area contributed by atoms with Crippen molar-refractivity contribution in [2.45, 2.75) is 38.8 Å². The summed E-state index contributed by atoms with van der Waals surface area (Å²) in [6.45, 7) is 4.99. The third-order valence-corrected chi connectivity index (χ3v) is 5.34. The average molecular weight is 286 g/mol. The van der Waals surface area contributed by atoms with E-state index in [9.17, 15) is 8.42 Å². The molecule has 1 unspecified atom stereocenters. The fourth-order valence-electron chi connectivity index (χ4n) is 1.84. The average Bonchev–Trinajstić information content (AvgIpc) is 2.27. The van der Waals surface area contributed by atoms with Crippen LogP contribution >= 0.6 is 12.4 Å². The minimum Gasteiger partial charge on any atom is -0.316 e. The number of nitrogens with zero attached hydrogens (tertiary/aromatic N) is 2. The fourth-order valence-corrected chi connectivity index (χ4v) is 3.46. The zero-order chi connectivity index (χ0) is 12.3. The van der Waals surface area contributed by atoms with Crippen molar-refractivity contribution < 1.29 is 8.42 Å². The normalized spacial score (nSPS) is 22.8. The minimum absolute atomic E-state index is 0. The number of piperidine rings is 1. The largest absolute Gasteiger partial charge is 0.316 e. The first-order valence-electron chi connectivity index (χ1n) is 5.80. The Balaban J connectivity index is 0.00000256. The maximum absolute atomic E-state index is 12.2. The molecule has 0 aromatic carbocycles. The summed E-state index contributed by atoms with van der Waals surface area (Å²) in [7, 11) is 0.246. The van der Waals surface area contributed by atoms with Crippen molar-refractivity contribution in [3.8, 4) is 0 Å². The van der Waals surface area contributed by atoms with E-state index in [0.717, 1.165) is 12.8 Å². The highest BCUT2D eigenvalue weighted by molar-refractivity contribution is 7.86. The molecule has 1 heterocycles. The highest BCUT2D eigenvalue weighted by atomic mass is 35.5. The van der Waals surface area contributed by atoms with Gasteiger partial charge in [-0.1, -0.05) is 0 Å². The van der Waals surface area contributed by atoms with Crippen LogP contribution in [0.2, 0.25) is 0 Å². The van der Waals surface area contributed by atoms with Gasteiger partial charge in [0.1, 0.15) is 0 Å². The molecule has 104 valence electrons. The maximum Gasteiger partial charge on any atom is 0.282 e. The standard InChI is InChI=1S/C10H23N3O2S.ClH/c1-9(2)12(4)16(14,15)13-7-5-6-10(8-13)11-3;/h9-11H,5-8H2,1-4H3;1H. The van der Waals surface area contributed by atoms with Gasteiger partial charge in [0.2, 0.25) is 0 Å². The molecule has 1 atom stereocenters. The van der Waals surface area contributed by atoms with Gasteiger partial charge < -0.3 is 5.32 Å². The Labute approximate surface area is 111 Å². The molecule has 0 amide bonds. The molecule has 1 aliphatic rings. The molecule has 0 saturated carbocycles. The Morgan fingerprint density at radius 1 is 1.41 bits per heavy atom. The van der Waals surface area contributed by atoms with E-state index in [2.05, 4.69) is 5.32 Å². The van der Waals surface area contributed by atoms with Crippen LogP contribution in [0.1, 0.15) is 26.7 Å². The second-order valence-electron chi connectivity index (χ2n) is 4.60. The zero-order valence-electron chi connectivity index (χ0n) is 11.0. The Bertz CT molecular complexity index is 322. The zero-order valence-corrected chi connectivity index (χ0v) is 12.6. The van der Waals surface area contributed by atoms with E-state index >= 15 is 0 Å². The quantitative estimate of drug-likeness (QED) is 0.826. The second-order valence-corrected chi connectivity index (χ2v) is 6.59. The Morgan fingerprint density at radius 3 is 2.47 bits per heavy atom. The molecule has 1 rings (SSSR count). The number of rotatable bonds is 4. The summed E-state index contributed by atoms with van der Waals surface area (Å²) in [6, 6.07) is 0.282. The van der Waals surface area contributed by atoms with Gasteiger partial charge in [-0.2, -0.15) is 17.0 Å². The first-order valence-corrected chi connectivity index (χ1v) is 7.19. The van der Waals surface area contributed by atoms with E-state index in [1.807, 2.05) is 20.9 Å². The van der Waals surface area contributed by atoms with E-state index in [4.69, 9.17) is 0 Å². The topological polar surface area (TPSA) is 52.7 Å². The van der Waals surface area contributed by atoms with Crippen LogP contribution < -0.4 is 5.32 Å². The smallest absolute Gasteiger partial charge is 0.282 e. The van der Waals surface area contributed by atoms with Gasteiger partial charge in [0.15, 0.2) is 0 Å². The van der Waals surface area contributed by atoms with Crippen molar-refractivity contribution in [2.24, 2.45) is 0 Å². The SMILES string of the molecule is CNC1CCCN(S(=O)(=O)N(C)C(C)C)C1.Cl. The Morgan fingerprint density at radius 2 is 2.00 bits per heavy atom. The highest BCUT2D eigenvalue weighted by Crippen LogP contribution is 2.17. The van der Waals surface area contributed by atoms with Gasteiger partial charge in [0, 0.05) is 32.2 Å². The van der Waals surface area contributed by atoms with Crippen LogP contribution in [-0.4, -0.2) is 56.3 Å². The molecular weight excluding hydrogens is 262 g/mol. The van der Waals surface area contributed by atoms with Crippen LogP contribution in [0.5, 0.6) is 0 Å². The molecule has 1 saturated heterocycles. The van der Waals surface area contributed by atoms with Crippen molar-refractivity contribution in [3.05, 3.63) is 0 Å². The Hall–Kier alpha value is 0.120.